The van der Waals surface area contributed by atoms with Crippen molar-refractivity contribution in [3.05, 3.63) is 33.8 Å². The van der Waals surface area contributed by atoms with Gasteiger partial charge in [-0.05, 0) is 44.9 Å². The first kappa shape index (κ1) is 18.6. The van der Waals surface area contributed by atoms with Gasteiger partial charge >= 0.3 is 0 Å². The van der Waals surface area contributed by atoms with E-state index in [1.54, 1.807) is 0 Å². The molecule has 1 fully saturated rings. The van der Waals surface area contributed by atoms with Crippen molar-refractivity contribution in [3.63, 3.8) is 0 Å². The first-order valence-electron chi connectivity index (χ1n) is 8.46. The summed E-state index contributed by atoms with van der Waals surface area (Å²) in [6.45, 7) is 6.67. The third-order valence-corrected chi connectivity index (χ3v) is 5.14. The van der Waals surface area contributed by atoms with E-state index in [0.29, 0.717) is 16.6 Å². The molecule has 0 aliphatic carbocycles. The Morgan fingerprint density at radius 3 is 2.74 bits per heavy atom. The van der Waals surface area contributed by atoms with Crippen LogP contribution in [0.2, 0.25) is 10.0 Å². The third kappa shape index (κ3) is 5.37. The molecule has 0 aromatic heterocycles. The van der Waals surface area contributed by atoms with Crippen LogP contribution in [0.1, 0.15) is 45.1 Å². The van der Waals surface area contributed by atoms with E-state index >= 15 is 0 Å². The molecule has 1 aliphatic rings. The average molecular weight is 357 g/mol. The Morgan fingerprint density at radius 2 is 2.09 bits per heavy atom. The summed E-state index contributed by atoms with van der Waals surface area (Å²) in [4.78, 5) is 14.7. The molecule has 2 atom stereocenters. The highest BCUT2D eigenvalue weighted by Gasteiger charge is 2.27. The Hall–Kier alpha value is -0.770. The molecule has 0 saturated carbocycles. The number of nitrogens with one attached hydrogen (secondary N) is 1. The zero-order chi connectivity index (χ0) is 16.8. The van der Waals surface area contributed by atoms with Gasteiger partial charge in [0, 0.05) is 34.7 Å². The second-order valence-corrected chi connectivity index (χ2v) is 7.29. The average Bonchev–Trinajstić information content (AvgIpc) is 2.51. The molecule has 0 radical (unpaired) electrons. The van der Waals surface area contributed by atoms with Gasteiger partial charge in [0.1, 0.15) is 0 Å². The van der Waals surface area contributed by atoms with Crippen LogP contribution in [0.3, 0.4) is 0 Å². The molecule has 1 aromatic rings. The van der Waals surface area contributed by atoms with Gasteiger partial charge in [0.25, 0.3) is 0 Å². The highest BCUT2D eigenvalue weighted by atomic mass is 35.5. The zero-order valence-electron chi connectivity index (χ0n) is 13.9. The Labute approximate surface area is 149 Å². The van der Waals surface area contributed by atoms with Crippen LogP contribution in [-0.2, 0) is 11.3 Å². The van der Waals surface area contributed by atoms with E-state index in [1.807, 2.05) is 18.2 Å². The summed E-state index contributed by atoms with van der Waals surface area (Å²) in [7, 11) is 0. The molecule has 1 heterocycles. The zero-order valence-corrected chi connectivity index (χ0v) is 15.5. The standard InChI is InChI=1S/C18H26Cl2N2O/c1-3-6-13(2)21-18(23)14-7-5-10-22(11-14)12-15-16(19)8-4-9-17(15)20/h4,8-9,13-14H,3,5-7,10-12H2,1-2H3,(H,21,23). The fourth-order valence-electron chi connectivity index (χ4n) is 3.19. The first-order valence-corrected chi connectivity index (χ1v) is 9.22. The molecule has 2 rings (SSSR count). The summed E-state index contributed by atoms with van der Waals surface area (Å²) < 4.78 is 0. The molecule has 1 N–H and O–H groups in total. The van der Waals surface area contributed by atoms with Gasteiger partial charge in [-0.2, -0.15) is 0 Å². The summed E-state index contributed by atoms with van der Waals surface area (Å²) in [5.41, 5.74) is 0.955. The van der Waals surface area contributed by atoms with Gasteiger partial charge in [-0.1, -0.05) is 42.6 Å². The monoisotopic (exact) mass is 356 g/mol. The predicted octanol–water partition coefficient (Wildman–Crippen LogP) is 4.51. The highest BCUT2D eigenvalue weighted by Crippen LogP contribution is 2.27. The van der Waals surface area contributed by atoms with Crippen LogP contribution in [0.5, 0.6) is 0 Å². The van der Waals surface area contributed by atoms with Crippen molar-refractivity contribution < 1.29 is 4.79 Å². The number of piperidine rings is 1. The van der Waals surface area contributed by atoms with Crippen LogP contribution in [0, 0.1) is 5.92 Å². The molecule has 5 heteroatoms. The predicted molar refractivity (Wildman–Crippen MR) is 97.0 cm³/mol. The maximum absolute atomic E-state index is 12.4. The number of carbonyl (C=O) groups is 1. The van der Waals surface area contributed by atoms with Gasteiger partial charge in [-0.25, -0.2) is 0 Å². The number of likely N-dealkylation sites (tertiary alicyclic amines) is 1. The van der Waals surface area contributed by atoms with Crippen molar-refractivity contribution in [1.82, 2.24) is 10.2 Å². The second kappa shape index (κ2) is 8.91. The van der Waals surface area contributed by atoms with E-state index in [9.17, 15) is 4.79 Å². The quantitative estimate of drug-likeness (QED) is 0.812. The van der Waals surface area contributed by atoms with Crippen LogP contribution in [0.4, 0.5) is 0 Å². The Morgan fingerprint density at radius 1 is 1.39 bits per heavy atom. The van der Waals surface area contributed by atoms with Crippen LogP contribution >= 0.6 is 23.2 Å². The van der Waals surface area contributed by atoms with E-state index in [4.69, 9.17) is 23.2 Å². The lowest BCUT2D eigenvalue weighted by molar-refractivity contribution is -0.127. The first-order chi connectivity index (χ1) is 11.0. The number of benzene rings is 1. The van der Waals surface area contributed by atoms with Gasteiger partial charge in [-0.3, -0.25) is 9.69 Å². The van der Waals surface area contributed by atoms with Crippen molar-refractivity contribution in [2.24, 2.45) is 5.92 Å². The van der Waals surface area contributed by atoms with Crippen LogP contribution in [-0.4, -0.2) is 29.9 Å². The maximum atomic E-state index is 12.4. The van der Waals surface area contributed by atoms with E-state index in [0.717, 1.165) is 44.3 Å². The third-order valence-electron chi connectivity index (χ3n) is 4.43. The topological polar surface area (TPSA) is 32.3 Å². The molecule has 0 spiro atoms. The minimum atomic E-state index is 0.0596. The summed E-state index contributed by atoms with van der Waals surface area (Å²) in [5, 5.41) is 4.53. The van der Waals surface area contributed by atoms with Gasteiger partial charge in [0.05, 0.1) is 5.92 Å². The number of halogens is 2. The van der Waals surface area contributed by atoms with Crippen LogP contribution in [0.25, 0.3) is 0 Å². The highest BCUT2D eigenvalue weighted by molar-refractivity contribution is 6.35. The molecule has 1 amide bonds. The number of carbonyl (C=O) groups excluding carboxylic acids is 1. The van der Waals surface area contributed by atoms with E-state index in [1.165, 1.54) is 0 Å². The van der Waals surface area contributed by atoms with Crippen molar-refractivity contribution in [3.8, 4) is 0 Å². The Bertz CT molecular complexity index is 516. The van der Waals surface area contributed by atoms with Gasteiger partial charge < -0.3 is 5.32 Å². The molecule has 2 unspecified atom stereocenters. The summed E-state index contributed by atoms with van der Waals surface area (Å²) in [5.74, 6) is 0.241. The van der Waals surface area contributed by atoms with Crippen LogP contribution in [0.15, 0.2) is 18.2 Å². The van der Waals surface area contributed by atoms with E-state index < -0.39 is 0 Å². The van der Waals surface area contributed by atoms with Gasteiger partial charge in [0.15, 0.2) is 0 Å². The second-order valence-electron chi connectivity index (χ2n) is 6.47. The molecule has 128 valence electrons. The van der Waals surface area contributed by atoms with Crippen molar-refractivity contribution in [2.45, 2.75) is 52.1 Å². The summed E-state index contributed by atoms with van der Waals surface area (Å²) in [6, 6.07) is 5.84. The largest absolute Gasteiger partial charge is 0.353 e. The van der Waals surface area contributed by atoms with Gasteiger partial charge in [-0.15, -0.1) is 0 Å². The summed E-state index contributed by atoms with van der Waals surface area (Å²) in [6.07, 6.45) is 4.10. The van der Waals surface area contributed by atoms with E-state index in [2.05, 4.69) is 24.1 Å². The SMILES string of the molecule is CCCC(C)NC(=O)C1CCCN(Cc2c(Cl)cccc2Cl)C1. The lowest BCUT2D eigenvalue weighted by Gasteiger charge is -2.33. The number of rotatable bonds is 6. The molecule has 3 nitrogen and oxygen atoms in total. The normalized spacial score (nSPS) is 20.3. The van der Waals surface area contributed by atoms with E-state index in [-0.39, 0.29) is 17.9 Å². The molecule has 1 aliphatic heterocycles. The molecular formula is C18H26Cl2N2O. The fraction of sp³-hybridized carbons (Fsp3) is 0.611. The van der Waals surface area contributed by atoms with Crippen molar-refractivity contribution in [2.75, 3.05) is 13.1 Å². The molecule has 1 aromatic carbocycles. The Balaban J connectivity index is 1.94. The molecule has 23 heavy (non-hydrogen) atoms. The number of hydrogen-bond acceptors (Lipinski definition) is 2. The van der Waals surface area contributed by atoms with Gasteiger partial charge in [0.2, 0.25) is 5.91 Å². The molecule has 0 bridgehead atoms. The lowest BCUT2D eigenvalue weighted by atomic mass is 9.96. The van der Waals surface area contributed by atoms with Crippen molar-refractivity contribution >= 4 is 29.1 Å². The molecule has 1 saturated heterocycles. The number of nitrogens with zero attached hydrogens (tertiary/aromatic N) is 1. The Kier molecular flexibility index (Phi) is 7.19. The fourth-order valence-corrected chi connectivity index (χ4v) is 3.70. The smallest absolute Gasteiger partial charge is 0.224 e. The van der Waals surface area contributed by atoms with Crippen molar-refractivity contribution in [1.29, 1.82) is 0 Å². The summed E-state index contributed by atoms with van der Waals surface area (Å²) >= 11 is 12.5. The number of hydrogen-bond donors (Lipinski definition) is 1. The van der Waals surface area contributed by atoms with Crippen LogP contribution < -0.4 is 5.32 Å². The maximum Gasteiger partial charge on any atom is 0.224 e. The lowest BCUT2D eigenvalue weighted by Crippen LogP contribution is -2.45. The minimum Gasteiger partial charge on any atom is -0.353 e. The minimum absolute atomic E-state index is 0.0596. The number of amides is 1. The molecular weight excluding hydrogens is 331 g/mol.